The fourth-order valence-corrected chi connectivity index (χ4v) is 3.56. The number of aromatic amines is 1. The molecule has 2 heterocycles. The Morgan fingerprint density at radius 3 is 2.81 bits per heavy atom. The number of imidazole rings is 1. The summed E-state index contributed by atoms with van der Waals surface area (Å²) in [6.07, 6.45) is 0.884. The van der Waals surface area contributed by atoms with E-state index in [4.69, 9.17) is 9.47 Å². The molecule has 6 nitrogen and oxygen atoms in total. The van der Waals surface area contributed by atoms with Crippen molar-refractivity contribution in [2.24, 2.45) is 0 Å². The fraction of sp³-hybridized carbons (Fsp3) is 0.300. The number of methoxy groups -OCH3 is 2. The Bertz CT molecular complexity index is 917. The van der Waals surface area contributed by atoms with E-state index in [-0.39, 0.29) is 11.8 Å². The van der Waals surface area contributed by atoms with Crippen LogP contribution in [0.3, 0.4) is 0 Å². The molecule has 1 aliphatic heterocycles. The highest BCUT2D eigenvalue weighted by atomic mass is 16.5. The number of para-hydroxylation sites is 2. The average Bonchev–Trinajstić information content (AvgIpc) is 3.34. The molecule has 0 aliphatic carbocycles. The molecule has 3 aromatic rings. The number of benzene rings is 2. The van der Waals surface area contributed by atoms with Crippen LogP contribution in [-0.2, 0) is 0 Å². The molecule has 1 fully saturated rings. The molecule has 0 radical (unpaired) electrons. The van der Waals surface area contributed by atoms with Crippen LogP contribution in [0.2, 0.25) is 0 Å². The molecule has 1 aliphatic rings. The molecule has 1 atom stereocenters. The van der Waals surface area contributed by atoms with Gasteiger partial charge < -0.3 is 19.4 Å². The number of hydrogen-bond donors (Lipinski definition) is 1. The number of nitrogens with one attached hydrogen (secondary N) is 1. The summed E-state index contributed by atoms with van der Waals surface area (Å²) in [5.41, 5.74) is 2.76. The number of aromatic nitrogens is 2. The number of carbonyl (C=O) groups is 1. The first kappa shape index (κ1) is 16.4. The molecular weight excluding hydrogens is 330 g/mol. The van der Waals surface area contributed by atoms with Crippen LogP contribution in [-0.4, -0.2) is 48.1 Å². The third-order valence-corrected chi connectivity index (χ3v) is 4.94. The van der Waals surface area contributed by atoms with Gasteiger partial charge in [-0.15, -0.1) is 0 Å². The minimum atomic E-state index is -0.0643. The standard InChI is InChI=1S/C20H21N3O3/c1-25-14-7-8-18(26-2)15(11-14)13-9-10-23(12-13)20(24)19-21-16-5-3-4-6-17(16)22-19/h3-8,11,13H,9-10,12H2,1-2H3,(H,21,22)/t13-/m1/s1. The van der Waals surface area contributed by atoms with Gasteiger partial charge in [-0.3, -0.25) is 4.79 Å². The monoisotopic (exact) mass is 351 g/mol. The molecule has 0 bridgehead atoms. The van der Waals surface area contributed by atoms with Crippen LogP contribution in [0.25, 0.3) is 11.0 Å². The molecule has 1 amide bonds. The van der Waals surface area contributed by atoms with E-state index in [0.717, 1.165) is 34.5 Å². The normalized spacial score (nSPS) is 16.8. The van der Waals surface area contributed by atoms with Gasteiger partial charge in [0, 0.05) is 24.6 Å². The van der Waals surface area contributed by atoms with Crippen molar-refractivity contribution in [1.29, 1.82) is 0 Å². The van der Waals surface area contributed by atoms with E-state index in [9.17, 15) is 4.79 Å². The third-order valence-electron chi connectivity index (χ3n) is 4.94. The van der Waals surface area contributed by atoms with Gasteiger partial charge in [-0.2, -0.15) is 0 Å². The summed E-state index contributed by atoms with van der Waals surface area (Å²) >= 11 is 0. The number of amides is 1. The highest BCUT2D eigenvalue weighted by molar-refractivity contribution is 5.94. The summed E-state index contributed by atoms with van der Waals surface area (Å²) in [5.74, 6) is 2.17. The molecule has 1 saturated heterocycles. The predicted molar refractivity (Wildman–Crippen MR) is 98.9 cm³/mol. The van der Waals surface area contributed by atoms with Crippen molar-refractivity contribution in [2.45, 2.75) is 12.3 Å². The zero-order valence-electron chi connectivity index (χ0n) is 14.9. The largest absolute Gasteiger partial charge is 0.497 e. The molecule has 0 saturated carbocycles. The second-order valence-corrected chi connectivity index (χ2v) is 6.45. The van der Waals surface area contributed by atoms with Crippen molar-refractivity contribution in [3.05, 3.63) is 53.9 Å². The maximum atomic E-state index is 12.8. The van der Waals surface area contributed by atoms with Crippen LogP contribution in [0.1, 0.15) is 28.5 Å². The van der Waals surface area contributed by atoms with E-state index in [1.54, 1.807) is 14.2 Å². The summed E-state index contributed by atoms with van der Waals surface area (Å²) in [5, 5.41) is 0. The minimum absolute atomic E-state index is 0.0643. The summed E-state index contributed by atoms with van der Waals surface area (Å²) in [6.45, 7) is 1.33. The number of hydrogen-bond acceptors (Lipinski definition) is 4. The maximum Gasteiger partial charge on any atom is 0.289 e. The quantitative estimate of drug-likeness (QED) is 0.784. The van der Waals surface area contributed by atoms with Crippen molar-refractivity contribution in [3.8, 4) is 11.5 Å². The van der Waals surface area contributed by atoms with Crippen LogP contribution in [0.15, 0.2) is 42.5 Å². The molecule has 1 N–H and O–H groups in total. The Labute approximate surface area is 151 Å². The highest BCUT2D eigenvalue weighted by Crippen LogP contribution is 2.36. The highest BCUT2D eigenvalue weighted by Gasteiger charge is 2.31. The number of rotatable bonds is 4. The molecule has 0 unspecified atom stereocenters. The van der Waals surface area contributed by atoms with E-state index in [1.807, 2.05) is 47.4 Å². The Morgan fingerprint density at radius 1 is 1.19 bits per heavy atom. The Morgan fingerprint density at radius 2 is 2.04 bits per heavy atom. The lowest BCUT2D eigenvalue weighted by Crippen LogP contribution is -2.29. The van der Waals surface area contributed by atoms with Gasteiger partial charge >= 0.3 is 0 Å². The smallest absolute Gasteiger partial charge is 0.289 e. The number of likely N-dealkylation sites (tertiary alicyclic amines) is 1. The number of carbonyl (C=O) groups excluding carboxylic acids is 1. The van der Waals surface area contributed by atoms with Gasteiger partial charge in [-0.05, 0) is 36.8 Å². The topological polar surface area (TPSA) is 67.5 Å². The molecule has 2 aromatic carbocycles. The van der Waals surface area contributed by atoms with Gasteiger partial charge in [0.1, 0.15) is 11.5 Å². The van der Waals surface area contributed by atoms with E-state index in [2.05, 4.69) is 9.97 Å². The van der Waals surface area contributed by atoms with Crippen LogP contribution >= 0.6 is 0 Å². The molecule has 134 valence electrons. The first-order valence-electron chi connectivity index (χ1n) is 8.65. The lowest BCUT2D eigenvalue weighted by Gasteiger charge is -2.17. The van der Waals surface area contributed by atoms with Crippen LogP contribution < -0.4 is 9.47 Å². The van der Waals surface area contributed by atoms with Gasteiger partial charge in [0.25, 0.3) is 5.91 Å². The molecule has 4 rings (SSSR count). The van der Waals surface area contributed by atoms with Crippen molar-refractivity contribution < 1.29 is 14.3 Å². The summed E-state index contributed by atoms with van der Waals surface area (Å²) < 4.78 is 10.8. The lowest BCUT2D eigenvalue weighted by atomic mass is 9.97. The molecule has 26 heavy (non-hydrogen) atoms. The molecular formula is C20H21N3O3. The second-order valence-electron chi connectivity index (χ2n) is 6.45. The number of H-pyrrole nitrogens is 1. The Hall–Kier alpha value is -3.02. The Balaban J connectivity index is 1.55. The van der Waals surface area contributed by atoms with Crippen LogP contribution in [0, 0.1) is 0 Å². The van der Waals surface area contributed by atoms with Crippen molar-refractivity contribution in [3.63, 3.8) is 0 Å². The zero-order valence-corrected chi connectivity index (χ0v) is 14.9. The van der Waals surface area contributed by atoms with Gasteiger partial charge in [0.05, 0.1) is 25.3 Å². The summed E-state index contributed by atoms with van der Waals surface area (Å²) in [6, 6.07) is 13.5. The summed E-state index contributed by atoms with van der Waals surface area (Å²) in [7, 11) is 3.31. The molecule has 6 heteroatoms. The van der Waals surface area contributed by atoms with E-state index in [1.165, 1.54) is 0 Å². The third kappa shape index (κ3) is 2.87. The predicted octanol–water partition coefficient (Wildman–Crippen LogP) is 3.21. The zero-order chi connectivity index (χ0) is 18.1. The average molecular weight is 351 g/mol. The van der Waals surface area contributed by atoms with Crippen molar-refractivity contribution >= 4 is 16.9 Å². The van der Waals surface area contributed by atoms with E-state index >= 15 is 0 Å². The first-order valence-corrected chi connectivity index (χ1v) is 8.65. The molecule has 0 spiro atoms. The maximum absolute atomic E-state index is 12.8. The molecule has 1 aromatic heterocycles. The van der Waals surface area contributed by atoms with Gasteiger partial charge in [-0.1, -0.05) is 12.1 Å². The lowest BCUT2D eigenvalue weighted by molar-refractivity contribution is 0.0780. The second kappa shape index (κ2) is 6.71. The number of fused-ring (bicyclic) bond motifs is 1. The van der Waals surface area contributed by atoms with Gasteiger partial charge in [0.2, 0.25) is 0 Å². The van der Waals surface area contributed by atoms with Crippen molar-refractivity contribution in [1.82, 2.24) is 14.9 Å². The Kier molecular flexibility index (Phi) is 4.24. The minimum Gasteiger partial charge on any atom is -0.497 e. The van der Waals surface area contributed by atoms with Crippen molar-refractivity contribution in [2.75, 3.05) is 27.3 Å². The number of ether oxygens (including phenoxy) is 2. The summed E-state index contributed by atoms with van der Waals surface area (Å²) in [4.78, 5) is 22.2. The van der Waals surface area contributed by atoms with Gasteiger partial charge in [-0.25, -0.2) is 4.98 Å². The van der Waals surface area contributed by atoms with Gasteiger partial charge in [0.15, 0.2) is 5.82 Å². The first-order chi connectivity index (χ1) is 12.7. The van der Waals surface area contributed by atoms with Crippen LogP contribution in [0.5, 0.6) is 11.5 Å². The number of nitrogens with zero attached hydrogens (tertiary/aromatic N) is 2. The van der Waals surface area contributed by atoms with E-state index < -0.39 is 0 Å². The fourth-order valence-electron chi connectivity index (χ4n) is 3.56. The van der Waals surface area contributed by atoms with E-state index in [0.29, 0.717) is 18.9 Å². The van der Waals surface area contributed by atoms with Crippen LogP contribution in [0.4, 0.5) is 0 Å². The SMILES string of the molecule is COc1ccc(OC)c([C@@H]2CCN(C(=O)c3nc4ccccc4[nH]3)C2)c1.